The summed E-state index contributed by atoms with van der Waals surface area (Å²) in [5.74, 6) is 0.659. The molecule has 0 radical (unpaired) electrons. The highest BCUT2D eigenvalue weighted by atomic mass is 16.5. The number of rotatable bonds is 5. The number of nitrogens with one attached hydrogen (secondary N) is 1. The summed E-state index contributed by atoms with van der Waals surface area (Å²) in [5, 5.41) is 2.87. The fourth-order valence-electron chi connectivity index (χ4n) is 2.27. The van der Waals surface area contributed by atoms with Gasteiger partial charge in [0, 0.05) is 18.2 Å². The molecule has 2 aromatic carbocycles. The normalized spacial score (nSPS) is 10.7. The summed E-state index contributed by atoms with van der Waals surface area (Å²) in [7, 11) is 1.63. The van der Waals surface area contributed by atoms with Crippen molar-refractivity contribution < 1.29 is 9.53 Å². The Balaban J connectivity index is 1.97. The van der Waals surface area contributed by atoms with Gasteiger partial charge in [0.2, 0.25) is 5.91 Å². The Morgan fingerprint density at radius 3 is 2.68 bits per heavy atom. The summed E-state index contributed by atoms with van der Waals surface area (Å²) < 4.78 is 5.26. The number of carbonyl (C=O) groups excluding carboxylic acids is 1. The van der Waals surface area contributed by atoms with Crippen LogP contribution < -0.4 is 10.1 Å². The highest BCUT2D eigenvalue weighted by Crippen LogP contribution is 2.16. The molecule has 0 aliphatic carbocycles. The molecule has 2 rings (SSSR count). The van der Waals surface area contributed by atoms with E-state index in [0.29, 0.717) is 6.54 Å². The van der Waals surface area contributed by atoms with Crippen LogP contribution in [0.2, 0.25) is 0 Å². The first-order chi connectivity index (χ1) is 10.6. The van der Waals surface area contributed by atoms with Gasteiger partial charge >= 0.3 is 0 Å². The lowest BCUT2D eigenvalue weighted by molar-refractivity contribution is -0.116. The molecule has 0 bridgehead atoms. The molecule has 0 atom stereocenters. The average Bonchev–Trinajstić information content (AvgIpc) is 2.52. The monoisotopic (exact) mass is 295 g/mol. The van der Waals surface area contributed by atoms with Crippen LogP contribution in [0.15, 0.2) is 48.5 Å². The number of para-hydroxylation sites is 1. The Bertz CT molecular complexity index is 690. The Labute approximate surface area is 131 Å². The van der Waals surface area contributed by atoms with Crippen LogP contribution in [-0.4, -0.2) is 13.0 Å². The van der Waals surface area contributed by atoms with Crippen molar-refractivity contribution in [3.05, 3.63) is 70.8 Å². The van der Waals surface area contributed by atoms with Gasteiger partial charge in [-0.25, -0.2) is 0 Å². The zero-order valence-corrected chi connectivity index (χ0v) is 13.2. The topological polar surface area (TPSA) is 38.3 Å². The molecule has 2 aromatic rings. The van der Waals surface area contributed by atoms with Crippen LogP contribution in [-0.2, 0) is 11.3 Å². The Morgan fingerprint density at radius 1 is 1.18 bits per heavy atom. The quantitative estimate of drug-likeness (QED) is 0.855. The summed E-state index contributed by atoms with van der Waals surface area (Å²) in [6, 6.07) is 13.8. The number of ether oxygens (including phenoxy) is 1. The van der Waals surface area contributed by atoms with E-state index in [9.17, 15) is 4.79 Å². The molecule has 3 nitrogen and oxygen atoms in total. The first kappa shape index (κ1) is 15.8. The molecular weight excluding hydrogens is 274 g/mol. The number of hydrogen-bond donors (Lipinski definition) is 1. The molecule has 22 heavy (non-hydrogen) atoms. The first-order valence-electron chi connectivity index (χ1n) is 7.25. The maximum absolute atomic E-state index is 11.9. The van der Waals surface area contributed by atoms with Gasteiger partial charge < -0.3 is 10.1 Å². The molecular formula is C19H21NO2. The van der Waals surface area contributed by atoms with E-state index >= 15 is 0 Å². The molecule has 0 fully saturated rings. The summed E-state index contributed by atoms with van der Waals surface area (Å²) in [6.45, 7) is 4.54. The van der Waals surface area contributed by atoms with Gasteiger partial charge in [0.25, 0.3) is 0 Å². The largest absolute Gasteiger partial charge is 0.496 e. The van der Waals surface area contributed by atoms with Gasteiger partial charge in [0.1, 0.15) is 5.75 Å². The zero-order valence-electron chi connectivity index (χ0n) is 13.2. The molecule has 114 valence electrons. The third-order valence-electron chi connectivity index (χ3n) is 3.49. The maximum Gasteiger partial charge on any atom is 0.244 e. The third kappa shape index (κ3) is 4.22. The van der Waals surface area contributed by atoms with Crippen molar-refractivity contribution in [2.24, 2.45) is 0 Å². The van der Waals surface area contributed by atoms with E-state index in [-0.39, 0.29) is 5.91 Å². The van der Waals surface area contributed by atoms with Crippen LogP contribution >= 0.6 is 0 Å². The van der Waals surface area contributed by atoms with Crippen LogP contribution in [0.4, 0.5) is 0 Å². The zero-order chi connectivity index (χ0) is 15.9. The van der Waals surface area contributed by atoms with Gasteiger partial charge in [-0.1, -0.05) is 42.0 Å². The van der Waals surface area contributed by atoms with E-state index in [4.69, 9.17) is 4.74 Å². The van der Waals surface area contributed by atoms with E-state index in [0.717, 1.165) is 22.4 Å². The van der Waals surface area contributed by atoms with Gasteiger partial charge in [-0.15, -0.1) is 0 Å². The van der Waals surface area contributed by atoms with Crippen LogP contribution in [0.3, 0.4) is 0 Å². The first-order valence-corrected chi connectivity index (χ1v) is 7.25. The second-order valence-electron chi connectivity index (χ2n) is 5.22. The fourth-order valence-corrected chi connectivity index (χ4v) is 2.27. The molecule has 1 N–H and O–H groups in total. The fraction of sp³-hybridized carbons (Fsp3) is 0.211. The number of benzene rings is 2. The molecule has 0 saturated carbocycles. The Morgan fingerprint density at radius 2 is 1.95 bits per heavy atom. The Hall–Kier alpha value is -2.55. The number of carbonyl (C=O) groups is 1. The van der Waals surface area contributed by atoms with E-state index in [1.807, 2.05) is 49.4 Å². The number of aryl methyl sites for hydroxylation is 2. The lowest BCUT2D eigenvalue weighted by Crippen LogP contribution is -2.20. The maximum atomic E-state index is 11.9. The van der Waals surface area contributed by atoms with Crippen molar-refractivity contribution in [2.75, 3.05) is 7.11 Å². The standard InChI is InChI=1S/C19H21NO2/c1-14-8-9-16(15(2)12-14)10-11-19(21)20-13-17-6-4-5-7-18(17)22-3/h4-12H,13H2,1-3H3,(H,20,21)/b11-10-. The summed E-state index contributed by atoms with van der Waals surface area (Å²) >= 11 is 0. The van der Waals surface area contributed by atoms with Crippen molar-refractivity contribution in [2.45, 2.75) is 20.4 Å². The molecule has 0 unspecified atom stereocenters. The Kier molecular flexibility index (Phi) is 5.37. The van der Waals surface area contributed by atoms with E-state index < -0.39 is 0 Å². The third-order valence-corrected chi connectivity index (χ3v) is 3.49. The van der Waals surface area contributed by atoms with Gasteiger partial charge in [-0.3, -0.25) is 4.79 Å². The van der Waals surface area contributed by atoms with Crippen LogP contribution in [0, 0.1) is 13.8 Å². The van der Waals surface area contributed by atoms with E-state index in [1.165, 1.54) is 5.56 Å². The molecule has 0 aromatic heterocycles. The van der Waals surface area contributed by atoms with Gasteiger partial charge in [0.15, 0.2) is 0 Å². The number of hydrogen-bond acceptors (Lipinski definition) is 2. The minimum Gasteiger partial charge on any atom is -0.496 e. The minimum absolute atomic E-state index is 0.120. The summed E-state index contributed by atoms with van der Waals surface area (Å²) in [4.78, 5) is 11.9. The van der Waals surface area contributed by atoms with Crippen molar-refractivity contribution >= 4 is 12.0 Å². The highest BCUT2D eigenvalue weighted by Gasteiger charge is 2.03. The van der Waals surface area contributed by atoms with Crippen molar-refractivity contribution in [3.8, 4) is 5.75 Å². The lowest BCUT2D eigenvalue weighted by atomic mass is 10.1. The minimum atomic E-state index is -0.120. The summed E-state index contributed by atoms with van der Waals surface area (Å²) in [5.41, 5.74) is 4.39. The van der Waals surface area contributed by atoms with Crippen LogP contribution in [0.5, 0.6) is 5.75 Å². The average molecular weight is 295 g/mol. The second kappa shape index (κ2) is 7.46. The molecule has 1 amide bonds. The van der Waals surface area contributed by atoms with Crippen LogP contribution in [0.1, 0.15) is 22.3 Å². The smallest absolute Gasteiger partial charge is 0.244 e. The second-order valence-corrected chi connectivity index (χ2v) is 5.22. The SMILES string of the molecule is COc1ccccc1CNC(=O)/C=C\c1ccc(C)cc1C. The van der Waals surface area contributed by atoms with Crippen molar-refractivity contribution in [1.29, 1.82) is 0 Å². The van der Waals surface area contributed by atoms with Crippen molar-refractivity contribution in [3.63, 3.8) is 0 Å². The highest BCUT2D eigenvalue weighted by molar-refractivity contribution is 5.91. The molecule has 0 spiro atoms. The van der Waals surface area contributed by atoms with E-state index in [1.54, 1.807) is 13.2 Å². The van der Waals surface area contributed by atoms with E-state index in [2.05, 4.69) is 18.3 Å². The molecule has 0 aliphatic heterocycles. The lowest BCUT2D eigenvalue weighted by Gasteiger charge is -2.08. The summed E-state index contributed by atoms with van der Waals surface area (Å²) in [6.07, 6.45) is 3.40. The predicted molar refractivity (Wildman–Crippen MR) is 89.8 cm³/mol. The van der Waals surface area contributed by atoms with Gasteiger partial charge in [-0.05, 0) is 37.1 Å². The predicted octanol–water partition coefficient (Wildman–Crippen LogP) is 3.64. The number of amides is 1. The molecule has 3 heteroatoms. The van der Waals surface area contributed by atoms with Gasteiger partial charge in [0.05, 0.1) is 7.11 Å². The molecule has 0 heterocycles. The van der Waals surface area contributed by atoms with Crippen LogP contribution in [0.25, 0.3) is 6.08 Å². The molecule has 0 saturated heterocycles. The van der Waals surface area contributed by atoms with Gasteiger partial charge in [-0.2, -0.15) is 0 Å². The number of methoxy groups -OCH3 is 1. The molecule has 0 aliphatic rings. The van der Waals surface area contributed by atoms with Crippen molar-refractivity contribution in [1.82, 2.24) is 5.32 Å².